The van der Waals surface area contributed by atoms with Gasteiger partial charge in [-0.15, -0.1) is 0 Å². The first-order valence-corrected chi connectivity index (χ1v) is 7.64. The number of aromatic nitrogens is 2. The maximum Gasteiger partial charge on any atom is 0.220 e. The van der Waals surface area contributed by atoms with Crippen LogP contribution in [0.1, 0.15) is 43.6 Å². The number of aryl methyl sites for hydroxylation is 2. The van der Waals surface area contributed by atoms with Gasteiger partial charge >= 0.3 is 0 Å². The molecule has 20 heavy (non-hydrogen) atoms. The number of carbonyl (C=O) groups excluding carboxylic acids is 1. The fourth-order valence-corrected chi connectivity index (χ4v) is 3.17. The van der Waals surface area contributed by atoms with Gasteiger partial charge in [0.25, 0.3) is 0 Å². The Bertz CT molecular complexity index is 477. The van der Waals surface area contributed by atoms with Crippen molar-refractivity contribution in [2.24, 2.45) is 0 Å². The zero-order valence-corrected chi connectivity index (χ0v) is 12.1. The molecule has 2 atom stereocenters. The predicted octanol–water partition coefficient (Wildman–Crippen LogP) is 1.58. The highest BCUT2D eigenvalue weighted by Crippen LogP contribution is 2.18. The van der Waals surface area contributed by atoms with Crippen molar-refractivity contribution in [2.75, 3.05) is 6.61 Å². The molecule has 0 radical (unpaired) electrons. The smallest absolute Gasteiger partial charge is 0.220 e. The summed E-state index contributed by atoms with van der Waals surface area (Å²) in [5.74, 6) is 1.30. The van der Waals surface area contributed by atoms with Gasteiger partial charge in [-0.1, -0.05) is 0 Å². The van der Waals surface area contributed by atoms with Gasteiger partial charge in [0.15, 0.2) is 0 Å². The quantitative estimate of drug-likeness (QED) is 0.909. The van der Waals surface area contributed by atoms with Crippen molar-refractivity contribution >= 4 is 5.91 Å². The minimum atomic E-state index is 0.158. The molecule has 0 aromatic carbocycles. The number of ether oxygens (including phenoxy) is 1. The molecule has 2 aliphatic rings. The topological polar surface area (TPSA) is 56.2 Å². The maximum absolute atomic E-state index is 12.0. The highest BCUT2D eigenvalue weighted by Gasteiger charge is 2.22. The van der Waals surface area contributed by atoms with Crippen LogP contribution >= 0.6 is 0 Å². The first-order valence-electron chi connectivity index (χ1n) is 7.64. The van der Waals surface area contributed by atoms with Gasteiger partial charge in [-0.3, -0.25) is 4.79 Å². The van der Waals surface area contributed by atoms with Crippen LogP contribution in [0.2, 0.25) is 0 Å². The minimum absolute atomic E-state index is 0.158. The number of carbonyl (C=O) groups is 1. The summed E-state index contributed by atoms with van der Waals surface area (Å²) in [6.45, 7) is 3.72. The van der Waals surface area contributed by atoms with Crippen LogP contribution in [0, 0.1) is 6.92 Å². The molecule has 0 spiro atoms. The number of nitrogens with one attached hydrogen (secondary N) is 1. The van der Waals surface area contributed by atoms with E-state index in [0.29, 0.717) is 12.5 Å². The SMILES string of the molecule is Cc1cn2c(n1)CC[C@@H](NC(=O)CC[C@H]1CCCO1)C2. The van der Waals surface area contributed by atoms with E-state index in [1.165, 1.54) is 0 Å². The lowest BCUT2D eigenvalue weighted by Crippen LogP contribution is -2.41. The van der Waals surface area contributed by atoms with Gasteiger partial charge in [-0.05, 0) is 32.6 Å². The predicted molar refractivity (Wildman–Crippen MR) is 75.4 cm³/mol. The van der Waals surface area contributed by atoms with E-state index in [0.717, 1.165) is 56.8 Å². The molecule has 2 aliphatic heterocycles. The first-order chi connectivity index (χ1) is 9.70. The van der Waals surface area contributed by atoms with Gasteiger partial charge in [0.2, 0.25) is 5.91 Å². The van der Waals surface area contributed by atoms with Crippen LogP contribution < -0.4 is 5.32 Å². The largest absolute Gasteiger partial charge is 0.378 e. The van der Waals surface area contributed by atoms with Gasteiger partial charge in [0.1, 0.15) is 5.82 Å². The van der Waals surface area contributed by atoms with Gasteiger partial charge < -0.3 is 14.6 Å². The van der Waals surface area contributed by atoms with Crippen LogP contribution in [0.3, 0.4) is 0 Å². The summed E-state index contributed by atoms with van der Waals surface area (Å²) >= 11 is 0. The Kier molecular flexibility index (Phi) is 4.05. The monoisotopic (exact) mass is 277 g/mol. The molecule has 0 aliphatic carbocycles. The lowest BCUT2D eigenvalue weighted by atomic mass is 10.1. The second kappa shape index (κ2) is 5.95. The third-order valence-electron chi connectivity index (χ3n) is 4.20. The van der Waals surface area contributed by atoms with Crippen LogP contribution in [0.4, 0.5) is 0 Å². The zero-order chi connectivity index (χ0) is 13.9. The number of amides is 1. The molecule has 1 aromatic rings. The van der Waals surface area contributed by atoms with Gasteiger partial charge in [-0.25, -0.2) is 4.98 Å². The summed E-state index contributed by atoms with van der Waals surface area (Å²) in [6, 6.07) is 0.244. The van der Waals surface area contributed by atoms with E-state index < -0.39 is 0 Å². The Hall–Kier alpha value is -1.36. The summed E-state index contributed by atoms with van der Waals surface area (Å²) < 4.78 is 7.72. The number of hydrogen-bond donors (Lipinski definition) is 1. The van der Waals surface area contributed by atoms with Crippen LogP contribution in [-0.2, 0) is 22.5 Å². The van der Waals surface area contributed by atoms with Crippen molar-refractivity contribution < 1.29 is 9.53 Å². The normalized spacial score (nSPS) is 25.4. The standard InChI is InChI=1S/C15H23N3O2/c1-11-9-18-10-12(4-6-14(18)16-11)17-15(19)7-5-13-3-2-8-20-13/h9,12-13H,2-8,10H2,1H3,(H,17,19)/t12-,13-/m1/s1. The van der Waals surface area contributed by atoms with Gasteiger partial charge in [0, 0.05) is 38.2 Å². The zero-order valence-electron chi connectivity index (χ0n) is 12.1. The van der Waals surface area contributed by atoms with Crippen molar-refractivity contribution in [3.63, 3.8) is 0 Å². The first kappa shape index (κ1) is 13.6. The van der Waals surface area contributed by atoms with Crippen LogP contribution in [0.15, 0.2) is 6.20 Å². The van der Waals surface area contributed by atoms with Crippen molar-refractivity contribution in [1.82, 2.24) is 14.9 Å². The number of nitrogens with zero attached hydrogens (tertiary/aromatic N) is 2. The second-order valence-electron chi connectivity index (χ2n) is 5.93. The third-order valence-corrected chi connectivity index (χ3v) is 4.20. The maximum atomic E-state index is 12.0. The fraction of sp³-hybridized carbons (Fsp3) is 0.733. The molecule has 1 fully saturated rings. The van der Waals surface area contributed by atoms with Crippen molar-refractivity contribution in [1.29, 1.82) is 0 Å². The number of hydrogen-bond acceptors (Lipinski definition) is 3. The molecule has 5 nitrogen and oxygen atoms in total. The Balaban J connectivity index is 1.45. The lowest BCUT2D eigenvalue weighted by molar-refractivity contribution is -0.122. The Morgan fingerprint density at radius 1 is 1.55 bits per heavy atom. The van der Waals surface area contributed by atoms with Crippen LogP contribution in [-0.4, -0.2) is 34.2 Å². The van der Waals surface area contributed by atoms with E-state index in [2.05, 4.69) is 21.1 Å². The molecule has 0 unspecified atom stereocenters. The third kappa shape index (κ3) is 3.20. The van der Waals surface area contributed by atoms with Gasteiger partial charge in [0.05, 0.1) is 11.8 Å². The summed E-state index contributed by atoms with van der Waals surface area (Å²) in [5.41, 5.74) is 1.06. The van der Waals surface area contributed by atoms with E-state index in [1.807, 2.05) is 6.92 Å². The highest BCUT2D eigenvalue weighted by atomic mass is 16.5. The number of fused-ring (bicyclic) bond motifs is 1. The Morgan fingerprint density at radius 2 is 2.45 bits per heavy atom. The average molecular weight is 277 g/mol. The van der Waals surface area contributed by atoms with E-state index in [9.17, 15) is 4.79 Å². The molecular weight excluding hydrogens is 254 g/mol. The van der Waals surface area contributed by atoms with Crippen molar-refractivity contribution in [3.05, 3.63) is 17.7 Å². The summed E-state index contributed by atoms with van der Waals surface area (Å²) in [6.07, 6.45) is 7.99. The molecule has 1 saturated heterocycles. The molecular formula is C15H23N3O2. The summed E-state index contributed by atoms with van der Waals surface area (Å²) in [7, 11) is 0. The number of rotatable bonds is 4. The van der Waals surface area contributed by atoms with E-state index in [4.69, 9.17) is 4.74 Å². The minimum Gasteiger partial charge on any atom is -0.378 e. The molecule has 1 aromatic heterocycles. The summed E-state index contributed by atoms with van der Waals surface area (Å²) in [5, 5.41) is 3.15. The Labute approximate surface area is 119 Å². The van der Waals surface area contributed by atoms with Crippen LogP contribution in [0.25, 0.3) is 0 Å². The fourth-order valence-electron chi connectivity index (χ4n) is 3.17. The summed E-state index contributed by atoms with van der Waals surface area (Å²) in [4.78, 5) is 16.5. The Morgan fingerprint density at radius 3 is 3.25 bits per heavy atom. The molecule has 3 rings (SSSR count). The molecule has 1 N–H and O–H groups in total. The molecule has 1 amide bonds. The van der Waals surface area contributed by atoms with E-state index >= 15 is 0 Å². The molecule has 0 saturated carbocycles. The highest BCUT2D eigenvalue weighted by molar-refractivity contribution is 5.76. The average Bonchev–Trinajstić information content (AvgIpc) is 3.04. The van der Waals surface area contributed by atoms with Gasteiger partial charge in [-0.2, -0.15) is 0 Å². The molecule has 110 valence electrons. The van der Waals surface area contributed by atoms with Crippen LogP contribution in [0.5, 0.6) is 0 Å². The van der Waals surface area contributed by atoms with E-state index in [1.54, 1.807) is 0 Å². The molecule has 5 heteroatoms. The lowest BCUT2D eigenvalue weighted by Gasteiger charge is -2.24. The van der Waals surface area contributed by atoms with Crippen molar-refractivity contribution in [2.45, 2.75) is 64.1 Å². The second-order valence-corrected chi connectivity index (χ2v) is 5.93. The molecule has 0 bridgehead atoms. The van der Waals surface area contributed by atoms with E-state index in [-0.39, 0.29) is 11.9 Å². The number of imidazole rings is 1. The molecule has 3 heterocycles. The van der Waals surface area contributed by atoms with Crippen molar-refractivity contribution in [3.8, 4) is 0 Å².